The topological polar surface area (TPSA) is 52.0 Å². The minimum Gasteiger partial charge on any atom is -0.381 e. The number of hydrogen-bond acceptors (Lipinski definition) is 4. The monoisotopic (exact) mass is 194 g/mol. The van der Waals surface area contributed by atoms with Gasteiger partial charge < -0.3 is 14.6 Å². The van der Waals surface area contributed by atoms with Gasteiger partial charge in [-0.05, 0) is 6.42 Å². The highest BCUT2D eigenvalue weighted by molar-refractivity contribution is 5.02. The Bertz CT molecular complexity index is 314. The number of hydrogen-bond donors (Lipinski definition) is 1. The zero-order valence-electron chi connectivity index (χ0n) is 8.02. The fourth-order valence-electron chi connectivity index (χ4n) is 2.03. The predicted molar refractivity (Wildman–Crippen MR) is 50.1 cm³/mol. The van der Waals surface area contributed by atoms with E-state index >= 15 is 0 Å². The van der Waals surface area contributed by atoms with Gasteiger partial charge in [-0.2, -0.15) is 0 Å². The van der Waals surface area contributed by atoms with Crippen molar-refractivity contribution in [3.8, 4) is 0 Å². The van der Waals surface area contributed by atoms with Crippen molar-refractivity contribution in [1.29, 1.82) is 0 Å². The quantitative estimate of drug-likeness (QED) is 0.716. The van der Waals surface area contributed by atoms with Crippen molar-refractivity contribution >= 4 is 0 Å². The summed E-state index contributed by atoms with van der Waals surface area (Å²) in [5.41, 5.74) is 0. The first-order valence-electron chi connectivity index (χ1n) is 5.13. The Morgan fingerprint density at radius 3 is 3.07 bits per heavy atom. The van der Waals surface area contributed by atoms with Crippen molar-refractivity contribution in [2.24, 2.45) is 0 Å². The van der Waals surface area contributed by atoms with Crippen LogP contribution in [0.25, 0.3) is 0 Å². The second-order valence-electron chi connectivity index (χ2n) is 3.97. The number of rotatable bonds is 2. The number of ether oxygens (including phenoxy) is 1. The molecule has 1 N–H and O–H groups in total. The van der Waals surface area contributed by atoms with E-state index in [1.165, 1.54) is 0 Å². The van der Waals surface area contributed by atoms with Crippen LogP contribution in [0.1, 0.15) is 24.2 Å². The van der Waals surface area contributed by atoms with E-state index in [9.17, 15) is 0 Å². The maximum Gasteiger partial charge on any atom is 0.138 e. The number of aromatic nitrogens is 3. The molecule has 1 unspecified atom stereocenters. The number of nitrogens with one attached hydrogen (secondary N) is 1. The molecule has 2 aliphatic rings. The van der Waals surface area contributed by atoms with E-state index in [4.69, 9.17) is 4.74 Å². The fourth-order valence-corrected chi connectivity index (χ4v) is 2.03. The molecule has 0 aromatic carbocycles. The molecule has 3 rings (SSSR count). The molecule has 1 atom stereocenters. The number of nitrogens with zero attached hydrogens (tertiary/aromatic N) is 3. The summed E-state index contributed by atoms with van der Waals surface area (Å²) < 4.78 is 7.57. The van der Waals surface area contributed by atoms with Gasteiger partial charge in [-0.25, -0.2) is 0 Å². The zero-order valence-corrected chi connectivity index (χ0v) is 8.02. The van der Waals surface area contributed by atoms with Gasteiger partial charge in [0, 0.05) is 25.6 Å². The summed E-state index contributed by atoms with van der Waals surface area (Å²) in [5.74, 6) is 1.56. The van der Waals surface area contributed by atoms with E-state index in [1.54, 1.807) is 0 Å². The highest BCUT2D eigenvalue weighted by Gasteiger charge is 2.27. The Labute approximate surface area is 82.5 Å². The Kier molecular flexibility index (Phi) is 1.99. The molecular formula is C9H14N4O. The van der Waals surface area contributed by atoms with E-state index in [1.807, 2.05) is 6.33 Å². The molecule has 3 heterocycles. The molecule has 0 radical (unpaired) electrons. The summed E-state index contributed by atoms with van der Waals surface area (Å²) in [5, 5.41) is 11.5. The minimum absolute atomic E-state index is 0.457. The molecule has 1 aromatic heterocycles. The molecule has 0 amide bonds. The summed E-state index contributed by atoms with van der Waals surface area (Å²) >= 11 is 0. The van der Waals surface area contributed by atoms with Crippen molar-refractivity contribution < 1.29 is 4.74 Å². The molecule has 2 fully saturated rings. The van der Waals surface area contributed by atoms with Crippen LogP contribution in [0.3, 0.4) is 0 Å². The van der Waals surface area contributed by atoms with Crippen molar-refractivity contribution in [2.45, 2.75) is 18.4 Å². The van der Waals surface area contributed by atoms with Crippen LogP contribution in [-0.4, -0.2) is 41.1 Å². The summed E-state index contributed by atoms with van der Waals surface area (Å²) in [4.78, 5) is 0. The second kappa shape index (κ2) is 3.33. The van der Waals surface area contributed by atoms with Crippen LogP contribution in [-0.2, 0) is 4.74 Å². The summed E-state index contributed by atoms with van der Waals surface area (Å²) in [7, 11) is 0. The van der Waals surface area contributed by atoms with Gasteiger partial charge in [-0.1, -0.05) is 0 Å². The van der Waals surface area contributed by atoms with Crippen LogP contribution >= 0.6 is 0 Å². The SMILES string of the molecule is c1nnc(C2CCOC2)n1C1CNC1. The van der Waals surface area contributed by atoms with E-state index in [2.05, 4.69) is 20.1 Å². The normalized spacial score (nSPS) is 27.9. The lowest BCUT2D eigenvalue weighted by molar-refractivity contribution is 0.192. The van der Waals surface area contributed by atoms with Gasteiger partial charge in [0.25, 0.3) is 0 Å². The molecule has 0 spiro atoms. The van der Waals surface area contributed by atoms with Gasteiger partial charge in [0.15, 0.2) is 0 Å². The first kappa shape index (κ1) is 8.38. The molecular weight excluding hydrogens is 180 g/mol. The van der Waals surface area contributed by atoms with Crippen molar-refractivity contribution in [3.63, 3.8) is 0 Å². The molecule has 0 bridgehead atoms. The molecule has 1 aromatic rings. The molecule has 2 saturated heterocycles. The fraction of sp³-hybridized carbons (Fsp3) is 0.778. The lowest BCUT2D eigenvalue weighted by Crippen LogP contribution is -2.44. The van der Waals surface area contributed by atoms with Crippen LogP contribution < -0.4 is 5.32 Å². The average Bonchev–Trinajstić information content (AvgIpc) is 2.66. The Morgan fingerprint density at radius 1 is 1.50 bits per heavy atom. The van der Waals surface area contributed by atoms with Crippen LogP contribution in [0.15, 0.2) is 6.33 Å². The predicted octanol–water partition coefficient (Wildman–Crippen LogP) is -0.0737. The van der Waals surface area contributed by atoms with Gasteiger partial charge in [0.2, 0.25) is 0 Å². The lowest BCUT2D eigenvalue weighted by atomic mass is 10.1. The molecule has 2 aliphatic heterocycles. The Balaban J connectivity index is 1.85. The highest BCUT2D eigenvalue weighted by Crippen LogP contribution is 2.26. The van der Waals surface area contributed by atoms with Gasteiger partial charge in [0.1, 0.15) is 12.2 Å². The van der Waals surface area contributed by atoms with Gasteiger partial charge >= 0.3 is 0 Å². The Hall–Kier alpha value is -0.940. The van der Waals surface area contributed by atoms with Gasteiger partial charge in [0.05, 0.1) is 12.6 Å². The second-order valence-corrected chi connectivity index (χ2v) is 3.97. The third-order valence-electron chi connectivity index (χ3n) is 3.05. The van der Waals surface area contributed by atoms with Crippen LogP contribution in [0.4, 0.5) is 0 Å². The van der Waals surface area contributed by atoms with Crippen LogP contribution in [0.5, 0.6) is 0 Å². The third kappa shape index (κ3) is 1.24. The van der Waals surface area contributed by atoms with Crippen molar-refractivity contribution in [3.05, 3.63) is 12.2 Å². The lowest BCUT2D eigenvalue weighted by Gasteiger charge is -2.29. The zero-order chi connectivity index (χ0) is 9.38. The smallest absolute Gasteiger partial charge is 0.138 e. The highest BCUT2D eigenvalue weighted by atomic mass is 16.5. The molecule has 0 saturated carbocycles. The maximum absolute atomic E-state index is 5.37. The summed E-state index contributed by atoms with van der Waals surface area (Å²) in [6.07, 6.45) is 2.93. The van der Waals surface area contributed by atoms with Gasteiger partial charge in [-0.3, -0.25) is 0 Å². The van der Waals surface area contributed by atoms with E-state index in [-0.39, 0.29) is 0 Å². The van der Waals surface area contributed by atoms with E-state index in [0.29, 0.717) is 12.0 Å². The molecule has 0 aliphatic carbocycles. The van der Waals surface area contributed by atoms with Gasteiger partial charge in [-0.15, -0.1) is 10.2 Å². The average molecular weight is 194 g/mol. The molecule has 5 heteroatoms. The molecule has 5 nitrogen and oxygen atoms in total. The standard InChI is InChI=1S/C9H14N4O/c1-2-14-5-7(1)9-12-11-6-13(9)8-3-10-4-8/h6-8,10H,1-5H2. The van der Waals surface area contributed by atoms with Crippen LogP contribution in [0.2, 0.25) is 0 Å². The largest absolute Gasteiger partial charge is 0.381 e. The van der Waals surface area contributed by atoms with E-state index in [0.717, 1.165) is 38.5 Å². The first-order chi connectivity index (χ1) is 6.95. The van der Waals surface area contributed by atoms with Crippen molar-refractivity contribution in [1.82, 2.24) is 20.1 Å². The van der Waals surface area contributed by atoms with Crippen LogP contribution in [0, 0.1) is 0 Å². The minimum atomic E-state index is 0.457. The Morgan fingerprint density at radius 2 is 2.43 bits per heavy atom. The third-order valence-corrected chi connectivity index (χ3v) is 3.05. The maximum atomic E-state index is 5.37. The van der Waals surface area contributed by atoms with E-state index < -0.39 is 0 Å². The summed E-state index contributed by atoms with van der Waals surface area (Å²) in [6, 6.07) is 0.556. The summed E-state index contributed by atoms with van der Waals surface area (Å²) in [6.45, 7) is 3.75. The molecule has 14 heavy (non-hydrogen) atoms. The molecule has 76 valence electrons. The van der Waals surface area contributed by atoms with Crippen molar-refractivity contribution in [2.75, 3.05) is 26.3 Å². The first-order valence-corrected chi connectivity index (χ1v) is 5.13.